The van der Waals surface area contributed by atoms with Gasteiger partial charge in [0.2, 0.25) is 0 Å². The standard InChI is InChI=1S/C19H34N4OS/c1-4-20-19(22-13-11-18-23-15(2)16(3)25-18)21-12-8-14-24-17-9-6-5-7-10-17/h17H,4-14H2,1-3H3,(H2,20,21,22). The van der Waals surface area contributed by atoms with E-state index in [9.17, 15) is 0 Å². The normalized spacial score (nSPS) is 16.2. The summed E-state index contributed by atoms with van der Waals surface area (Å²) in [7, 11) is 0. The van der Waals surface area contributed by atoms with E-state index in [4.69, 9.17) is 4.74 Å². The van der Waals surface area contributed by atoms with E-state index in [2.05, 4.69) is 41.4 Å². The van der Waals surface area contributed by atoms with Crippen molar-refractivity contribution in [3.05, 3.63) is 15.6 Å². The van der Waals surface area contributed by atoms with Gasteiger partial charge in [0.15, 0.2) is 5.96 Å². The van der Waals surface area contributed by atoms with Crippen molar-refractivity contribution in [2.75, 3.05) is 26.2 Å². The maximum absolute atomic E-state index is 5.96. The molecule has 1 fully saturated rings. The van der Waals surface area contributed by atoms with Gasteiger partial charge in [-0.2, -0.15) is 0 Å². The van der Waals surface area contributed by atoms with Gasteiger partial charge in [0.1, 0.15) is 0 Å². The second-order valence-electron chi connectivity index (χ2n) is 6.67. The van der Waals surface area contributed by atoms with Crippen LogP contribution in [0.5, 0.6) is 0 Å². The van der Waals surface area contributed by atoms with Gasteiger partial charge in [-0.15, -0.1) is 11.3 Å². The average molecular weight is 367 g/mol. The Balaban J connectivity index is 1.63. The summed E-state index contributed by atoms with van der Waals surface area (Å²) < 4.78 is 5.96. The van der Waals surface area contributed by atoms with Crippen LogP contribution in [0.15, 0.2) is 4.99 Å². The lowest BCUT2D eigenvalue weighted by Gasteiger charge is -2.21. The smallest absolute Gasteiger partial charge is 0.191 e. The van der Waals surface area contributed by atoms with Crippen LogP contribution >= 0.6 is 11.3 Å². The molecular formula is C19H34N4OS. The molecule has 2 N–H and O–H groups in total. The third-order valence-electron chi connectivity index (χ3n) is 4.53. The summed E-state index contributed by atoms with van der Waals surface area (Å²) in [4.78, 5) is 10.5. The quantitative estimate of drug-likeness (QED) is 0.398. The maximum Gasteiger partial charge on any atom is 0.191 e. The Kier molecular flexibility index (Phi) is 9.26. The molecule has 1 aromatic heterocycles. The number of thiazole rings is 1. The van der Waals surface area contributed by atoms with Gasteiger partial charge < -0.3 is 15.4 Å². The van der Waals surface area contributed by atoms with Crippen LogP contribution < -0.4 is 10.6 Å². The summed E-state index contributed by atoms with van der Waals surface area (Å²) in [5, 5.41) is 7.90. The van der Waals surface area contributed by atoms with Crippen LogP contribution in [-0.4, -0.2) is 43.3 Å². The van der Waals surface area contributed by atoms with E-state index in [-0.39, 0.29) is 0 Å². The number of hydrogen-bond acceptors (Lipinski definition) is 4. The van der Waals surface area contributed by atoms with Crippen LogP contribution in [0, 0.1) is 13.8 Å². The van der Waals surface area contributed by atoms with Crippen molar-refractivity contribution < 1.29 is 4.74 Å². The Bertz CT molecular complexity index is 504. The molecule has 25 heavy (non-hydrogen) atoms. The van der Waals surface area contributed by atoms with Crippen molar-refractivity contribution >= 4 is 17.3 Å². The minimum Gasteiger partial charge on any atom is -0.378 e. The molecule has 1 saturated carbocycles. The maximum atomic E-state index is 5.96. The zero-order valence-corrected chi connectivity index (χ0v) is 16.9. The Labute approximate surface area is 156 Å². The van der Waals surface area contributed by atoms with Crippen LogP contribution in [0.25, 0.3) is 0 Å². The van der Waals surface area contributed by atoms with E-state index in [1.807, 2.05) is 0 Å². The summed E-state index contributed by atoms with van der Waals surface area (Å²) in [6.45, 7) is 9.66. The van der Waals surface area contributed by atoms with Gasteiger partial charge in [-0.1, -0.05) is 19.3 Å². The predicted octanol–water partition coefficient (Wildman–Crippen LogP) is 3.60. The van der Waals surface area contributed by atoms with Gasteiger partial charge in [-0.3, -0.25) is 4.99 Å². The van der Waals surface area contributed by atoms with Crippen molar-refractivity contribution in [3.8, 4) is 0 Å². The van der Waals surface area contributed by atoms with E-state index in [1.54, 1.807) is 11.3 Å². The first-order chi connectivity index (χ1) is 12.2. The van der Waals surface area contributed by atoms with E-state index in [1.165, 1.54) is 42.0 Å². The fourth-order valence-corrected chi connectivity index (χ4v) is 3.95. The molecule has 1 aromatic rings. The summed E-state index contributed by atoms with van der Waals surface area (Å²) >= 11 is 1.79. The Morgan fingerprint density at radius 3 is 2.72 bits per heavy atom. The van der Waals surface area contributed by atoms with Crippen molar-refractivity contribution in [2.45, 2.75) is 71.8 Å². The molecule has 6 heteroatoms. The van der Waals surface area contributed by atoms with E-state index >= 15 is 0 Å². The minimum atomic E-state index is 0.495. The van der Waals surface area contributed by atoms with Gasteiger partial charge in [0.25, 0.3) is 0 Å². The molecule has 0 atom stereocenters. The van der Waals surface area contributed by atoms with Crippen LogP contribution in [0.3, 0.4) is 0 Å². The largest absolute Gasteiger partial charge is 0.378 e. The molecule has 142 valence electrons. The molecule has 0 spiro atoms. The van der Waals surface area contributed by atoms with Gasteiger partial charge >= 0.3 is 0 Å². The van der Waals surface area contributed by atoms with Crippen LogP contribution in [0.2, 0.25) is 0 Å². The van der Waals surface area contributed by atoms with E-state index in [0.29, 0.717) is 6.10 Å². The number of guanidine groups is 1. The van der Waals surface area contributed by atoms with Crippen molar-refractivity contribution in [1.82, 2.24) is 15.6 Å². The summed E-state index contributed by atoms with van der Waals surface area (Å²) in [5.74, 6) is 0.894. The molecule has 1 heterocycles. The second kappa shape index (κ2) is 11.5. The SMILES string of the molecule is CCNC(=NCCCOC1CCCCC1)NCCc1nc(C)c(C)s1. The highest BCUT2D eigenvalue weighted by Crippen LogP contribution is 2.20. The van der Waals surface area contributed by atoms with Gasteiger partial charge in [0, 0.05) is 37.5 Å². The van der Waals surface area contributed by atoms with Gasteiger partial charge in [0.05, 0.1) is 16.8 Å². The number of rotatable bonds is 9. The molecule has 0 bridgehead atoms. The lowest BCUT2D eigenvalue weighted by atomic mass is 9.98. The van der Waals surface area contributed by atoms with Crippen molar-refractivity contribution in [1.29, 1.82) is 0 Å². The zero-order chi connectivity index (χ0) is 17.9. The highest BCUT2D eigenvalue weighted by atomic mass is 32.1. The van der Waals surface area contributed by atoms with Crippen LogP contribution in [0.1, 0.15) is 61.0 Å². The molecule has 0 aromatic carbocycles. The first-order valence-electron chi connectivity index (χ1n) is 9.75. The third kappa shape index (κ3) is 7.74. The zero-order valence-electron chi connectivity index (χ0n) is 16.1. The Morgan fingerprint density at radius 1 is 1.24 bits per heavy atom. The fourth-order valence-electron chi connectivity index (χ4n) is 3.01. The number of aliphatic imine (C=N–C) groups is 1. The summed E-state index contributed by atoms with van der Waals surface area (Å²) in [5.41, 5.74) is 1.15. The predicted molar refractivity (Wildman–Crippen MR) is 107 cm³/mol. The molecule has 0 saturated heterocycles. The number of aromatic nitrogens is 1. The van der Waals surface area contributed by atoms with Gasteiger partial charge in [-0.25, -0.2) is 4.98 Å². The molecule has 0 unspecified atom stereocenters. The fraction of sp³-hybridized carbons (Fsp3) is 0.789. The van der Waals surface area contributed by atoms with Crippen LogP contribution in [0.4, 0.5) is 0 Å². The second-order valence-corrected chi connectivity index (χ2v) is 7.96. The highest BCUT2D eigenvalue weighted by Gasteiger charge is 2.12. The molecule has 5 nitrogen and oxygen atoms in total. The summed E-state index contributed by atoms with van der Waals surface area (Å²) in [6.07, 6.45) is 8.93. The minimum absolute atomic E-state index is 0.495. The highest BCUT2D eigenvalue weighted by molar-refractivity contribution is 7.11. The number of nitrogens with zero attached hydrogens (tertiary/aromatic N) is 2. The lowest BCUT2D eigenvalue weighted by molar-refractivity contribution is 0.0281. The molecule has 2 rings (SSSR count). The molecule has 1 aliphatic rings. The van der Waals surface area contributed by atoms with Crippen molar-refractivity contribution in [3.63, 3.8) is 0 Å². The van der Waals surface area contributed by atoms with E-state index < -0.39 is 0 Å². The molecule has 1 aliphatic carbocycles. The Morgan fingerprint density at radius 2 is 2.04 bits per heavy atom. The Hall–Kier alpha value is -1.14. The van der Waals surface area contributed by atoms with Gasteiger partial charge in [-0.05, 0) is 40.0 Å². The average Bonchev–Trinajstić information content (AvgIpc) is 2.93. The third-order valence-corrected chi connectivity index (χ3v) is 5.66. The van der Waals surface area contributed by atoms with Crippen LogP contribution in [-0.2, 0) is 11.2 Å². The summed E-state index contributed by atoms with van der Waals surface area (Å²) in [6, 6.07) is 0. The number of ether oxygens (including phenoxy) is 1. The lowest BCUT2D eigenvalue weighted by Crippen LogP contribution is -2.38. The number of aryl methyl sites for hydroxylation is 2. The molecule has 0 amide bonds. The first-order valence-corrected chi connectivity index (χ1v) is 10.6. The molecule has 0 aliphatic heterocycles. The molecular weight excluding hydrogens is 332 g/mol. The van der Waals surface area contributed by atoms with E-state index in [0.717, 1.165) is 50.7 Å². The topological polar surface area (TPSA) is 58.5 Å². The van der Waals surface area contributed by atoms with Crippen molar-refractivity contribution in [2.24, 2.45) is 4.99 Å². The number of hydrogen-bond donors (Lipinski definition) is 2. The first kappa shape index (κ1) is 20.2. The number of nitrogens with one attached hydrogen (secondary N) is 2. The molecule has 0 radical (unpaired) electrons. The monoisotopic (exact) mass is 366 g/mol.